The van der Waals surface area contributed by atoms with Crippen LogP contribution >= 0.6 is 0 Å². The molecule has 0 aliphatic heterocycles. The first-order valence-corrected chi connectivity index (χ1v) is 5.94. The standard InChI is InChI=1S/C13H15F2N3O/c1-19-9-3-6-16-13-17-7-8-18(13)11-5-2-4-10(14)12(11)15/h2,4-5,7-8H,3,6,9H2,1H3,(H,16,17). The van der Waals surface area contributed by atoms with E-state index in [9.17, 15) is 8.78 Å². The summed E-state index contributed by atoms with van der Waals surface area (Å²) in [5, 5.41) is 3.06. The Morgan fingerprint density at radius 1 is 1.37 bits per heavy atom. The lowest BCUT2D eigenvalue weighted by atomic mass is 10.3. The number of ether oxygens (including phenoxy) is 1. The van der Waals surface area contributed by atoms with Gasteiger partial charge >= 0.3 is 0 Å². The van der Waals surface area contributed by atoms with Gasteiger partial charge in [-0.25, -0.2) is 13.8 Å². The number of nitrogens with zero attached hydrogens (tertiary/aromatic N) is 2. The maximum absolute atomic E-state index is 13.7. The summed E-state index contributed by atoms with van der Waals surface area (Å²) >= 11 is 0. The molecule has 0 aliphatic rings. The first kappa shape index (κ1) is 13.5. The van der Waals surface area contributed by atoms with Gasteiger partial charge in [0.1, 0.15) is 0 Å². The number of aromatic nitrogens is 2. The highest BCUT2D eigenvalue weighted by Crippen LogP contribution is 2.19. The van der Waals surface area contributed by atoms with Gasteiger partial charge in [-0.3, -0.25) is 4.57 Å². The van der Waals surface area contributed by atoms with Crippen LogP contribution in [0.15, 0.2) is 30.6 Å². The van der Waals surface area contributed by atoms with E-state index in [4.69, 9.17) is 4.74 Å². The quantitative estimate of drug-likeness (QED) is 0.818. The van der Waals surface area contributed by atoms with E-state index >= 15 is 0 Å². The number of nitrogens with one attached hydrogen (secondary N) is 1. The summed E-state index contributed by atoms with van der Waals surface area (Å²) in [6.45, 7) is 1.27. The summed E-state index contributed by atoms with van der Waals surface area (Å²) < 4.78 is 33.3. The van der Waals surface area contributed by atoms with E-state index in [0.717, 1.165) is 12.5 Å². The molecule has 0 aliphatic carbocycles. The third-order valence-electron chi connectivity index (χ3n) is 2.64. The number of methoxy groups -OCH3 is 1. The summed E-state index contributed by atoms with van der Waals surface area (Å²) in [6.07, 6.45) is 3.91. The fourth-order valence-electron chi connectivity index (χ4n) is 1.72. The highest BCUT2D eigenvalue weighted by Gasteiger charge is 2.12. The van der Waals surface area contributed by atoms with Crippen molar-refractivity contribution >= 4 is 5.95 Å². The Balaban J connectivity index is 2.17. The zero-order chi connectivity index (χ0) is 13.7. The number of imidazole rings is 1. The Bertz CT molecular complexity index is 542. The lowest BCUT2D eigenvalue weighted by molar-refractivity contribution is 0.197. The molecule has 1 N–H and O–H groups in total. The number of halogens is 2. The molecule has 0 unspecified atom stereocenters. The van der Waals surface area contributed by atoms with Crippen molar-refractivity contribution in [2.75, 3.05) is 25.6 Å². The van der Waals surface area contributed by atoms with Crippen LogP contribution in [0.1, 0.15) is 6.42 Å². The third kappa shape index (κ3) is 3.08. The van der Waals surface area contributed by atoms with Crippen molar-refractivity contribution in [3.63, 3.8) is 0 Å². The van der Waals surface area contributed by atoms with Crippen LogP contribution in [0.4, 0.5) is 14.7 Å². The normalized spacial score (nSPS) is 10.7. The molecule has 4 nitrogen and oxygen atoms in total. The lowest BCUT2D eigenvalue weighted by Gasteiger charge is -2.10. The Kier molecular flexibility index (Phi) is 4.46. The molecule has 0 fully saturated rings. The average molecular weight is 267 g/mol. The molecule has 19 heavy (non-hydrogen) atoms. The molecule has 1 heterocycles. The van der Waals surface area contributed by atoms with Gasteiger partial charge in [-0.15, -0.1) is 0 Å². The fourth-order valence-corrected chi connectivity index (χ4v) is 1.72. The maximum Gasteiger partial charge on any atom is 0.207 e. The third-order valence-corrected chi connectivity index (χ3v) is 2.64. The second-order valence-corrected chi connectivity index (χ2v) is 3.97. The van der Waals surface area contributed by atoms with Crippen molar-refractivity contribution in [2.45, 2.75) is 6.42 Å². The summed E-state index contributed by atoms with van der Waals surface area (Å²) in [6, 6.07) is 4.05. The van der Waals surface area contributed by atoms with Gasteiger partial charge in [-0.05, 0) is 18.6 Å². The minimum Gasteiger partial charge on any atom is -0.385 e. The number of hydrogen-bond acceptors (Lipinski definition) is 3. The molecule has 0 bridgehead atoms. The van der Waals surface area contributed by atoms with E-state index in [1.165, 1.54) is 22.9 Å². The van der Waals surface area contributed by atoms with Crippen molar-refractivity contribution in [3.05, 3.63) is 42.2 Å². The predicted octanol–water partition coefficient (Wildman–Crippen LogP) is 2.60. The molecular weight excluding hydrogens is 252 g/mol. The first-order chi connectivity index (χ1) is 9.24. The Hall–Kier alpha value is -1.95. The molecular formula is C13H15F2N3O. The van der Waals surface area contributed by atoms with Gasteiger partial charge in [0.15, 0.2) is 11.6 Å². The van der Waals surface area contributed by atoms with Crippen molar-refractivity contribution in [1.29, 1.82) is 0 Å². The van der Waals surface area contributed by atoms with Crippen LogP contribution in [0.25, 0.3) is 5.69 Å². The summed E-state index contributed by atoms with van der Waals surface area (Å²) in [5.41, 5.74) is 0.131. The molecule has 1 aromatic heterocycles. The minimum absolute atomic E-state index is 0.131. The van der Waals surface area contributed by atoms with Crippen molar-refractivity contribution in [2.24, 2.45) is 0 Å². The smallest absolute Gasteiger partial charge is 0.207 e. The van der Waals surface area contributed by atoms with Gasteiger partial charge in [0.05, 0.1) is 5.69 Å². The highest BCUT2D eigenvalue weighted by atomic mass is 19.2. The van der Waals surface area contributed by atoms with Crippen molar-refractivity contribution in [3.8, 4) is 5.69 Å². The molecule has 1 aromatic carbocycles. The molecule has 0 radical (unpaired) electrons. The summed E-state index contributed by atoms with van der Waals surface area (Å²) in [4.78, 5) is 4.08. The molecule has 0 spiro atoms. The number of hydrogen-bond donors (Lipinski definition) is 1. The fraction of sp³-hybridized carbons (Fsp3) is 0.308. The van der Waals surface area contributed by atoms with Crippen molar-refractivity contribution in [1.82, 2.24) is 9.55 Å². The molecule has 2 aromatic rings. The monoisotopic (exact) mass is 267 g/mol. The van der Waals surface area contributed by atoms with E-state index in [1.807, 2.05) is 0 Å². The zero-order valence-corrected chi connectivity index (χ0v) is 10.6. The van der Waals surface area contributed by atoms with Crippen LogP contribution in [0.3, 0.4) is 0 Å². The van der Waals surface area contributed by atoms with E-state index in [-0.39, 0.29) is 5.69 Å². The second-order valence-electron chi connectivity index (χ2n) is 3.97. The topological polar surface area (TPSA) is 39.1 Å². The Labute approximate surface area is 110 Å². The van der Waals surface area contributed by atoms with Crippen LogP contribution < -0.4 is 5.32 Å². The van der Waals surface area contributed by atoms with E-state index in [1.54, 1.807) is 13.3 Å². The van der Waals surface area contributed by atoms with Crippen LogP contribution in [-0.2, 0) is 4.74 Å². The first-order valence-electron chi connectivity index (χ1n) is 5.94. The van der Waals surface area contributed by atoms with Gasteiger partial charge < -0.3 is 10.1 Å². The molecule has 2 rings (SSSR count). The number of anilines is 1. The van der Waals surface area contributed by atoms with Crippen molar-refractivity contribution < 1.29 is 13.5 Å². The van der Waals surface area contributed by atoms with E-state index in [0.29, 0.717) is 19.1 Å². The molecule has 0 saturated heterocycles. The van der Waals surface area contributed by atoms with Gasteiger partial charge in [0.25, 0.3) is 0 Å². The predicted molar refractivity (Wildman–Crippen MR) is 68.5 cm³/mol. The van der Waals surface area contributed by atoms with Crippen LogP contribution in [0.5, 0.6) is 0 Å². The molecule has 102 valence electrons. The highest BCUT2D eigenvalue weighted by molar-refractivity contribution is 5.42. The van der Waals surface area contributed by atoms with E-state index in [2.05, 4.69) is 10.3 Å². The molecule has 0 atom stereocenters. The van der Waals surface area contributed by atoms with Gasteiger partial charge in [-0.1, -0.05) is 6.07 Å². The largest absolute Gasteiger partial charge is 0.385 e. The maximum atomic E-state index is 13.7. The summed E-state index contributed by atoms with van der Waals surface area (Å²) in [7, 11) is 1.63. The number of rotatable bonds is 6. The summed E-state index contributed by atoms with van der Waals surface area (Å²) in [5.74, 6) is -1.29. The number of benzene rings is 1. The van der Waals surface area contributed by atoms with Gasteiger partial charge in [0, 0.05) is 32.7 Å². The van der Waals surface area contributed by atoms with Crippen LogP contribution in [0.2, 0.25) is 0 Å². The lowest BCUT2D eigenvalue weighted by Crippen LogP contribution is -2.10. The van der Waals surface area contributed by atoms with Gasteiger partial charge in [-0.2, -0.15) is 0 Å². The molecule has 6 heteroatoms. The minimum atomic E-state index is -0.888. The molecule has 0 amide bonds. The molecule has 0 saturated carbocycles. The zero-order valence-electron chi connectivity index (χ0n) is 10.6. The second kappa shape index (κ2) is 6.29. The van der Waals surface area contributed by atoms with E-state index < -0.39 is 11.6 Å². The van der Waals surface area contributed by atoms with Crippen LogP contribution in [0, 0.1) is 11.6 Å². The SMILES string of the molecule is COCCCNc1nccn1-c1cccc(F)c1F. The Morgan fingerprint density at radius 3 is 3.00 bits per heavy atom. The Morgan fingerprint density at radius 2 is 2.21 bits per heavy atom. The van der Waals surface area contributed by atoms with Crippen LogP contribution in [-0.4, -0.2) is 29.8 Å². The average Bonchev–Trinajstić information content (AvgIpc) is 2.86. The van der Waals surface area contributed by atoms with Gasteiger partial charge in [0.2, 0.25) is 5.95 Å².